The number of benzene rings is 1. The molecule has 0 bridgehead atoms. The van der Waals surface area contributed by atoms with Gasteiger partial charge in [-0.1, -0.05) is 0 Å². The monoisotopic (exact) mass is 267 g/mol. The number of rotatable bonds is 5. The van der Waals surface area contributed by atoms with Crippen LogP contribution in [0.2, 0.25) is 0 Å². The molecule has 0 aliphatic rings. The Labute approximate surface area is 99.7 Å². The molecule has 0 aromatic heterocycles. The molecule has 0 spiro atoms. The second-order valence-electron chi connectivity index (χ2n) is 3.09. The highest BCUT2D eigenvalue weighted by Gasteiger charge is 2.23. The molecule has 0 saturated carbocycles. The van der Waals surface area contributed by atoms with Crippen LogP contribution in [0, 0.1) is 21.7 Å². The Kier molecular flexibility index (Phi) is 4.59. The molecule has 0 aliphatic heterocycles. The molecule has 0 fully saturated rings. The quantitative estimate of drug-likeness (QED) is 0.502. The highest BCUT2D eigenvalue weighted by molar-refractivity contribution is 6.18. The van der Waals surface area contributed by atoms with E-state index in [1.54, 1.807) is 0 Å². The lowest BCUT2D eigenvalue weighted by Gasteiger charge is -2.10. The summed E-state index contributed by atoms with van der Waals surface area (Å²) in [5.74, 6) is -3.78. The molecule has 0 aliphatic carbocycles. The molecule has 0 radical (unpaired) electrons. The molecular formula is C9H8ClF2NO4. The Morgan fingerprint density at radius 2 is 2.18 bits per heavy atom. The smallest absolute Gasteiger partial charge is 0.314 e. The number of hydrogen-bond acceptors (Lipinski definition) is 4. The Balaban J connectivity index is 3.02. The van der Waals surface area contributed by atoms with Gasteiger partial charge in [-0.3, -0.25) is 10.1 Å². The van der Waals surface area contributed by atoms with Gasteiger partial charge in [0.25, 0.3) is 0 Å². The summed E-state index contributed by atoms with van der Waals surface area (Å²) in [7, 11) is 0. The molecule has 17 heavy (non-hydrogen) atoms. The van der Waals surface area contributed by atoms with Gasteiger partial charge in [0.05, 0.1) is 10.8 Å². The SMILES string of the molecule is O=[N+]([O-])c1ccc(F)c(F)c1OCC(O)CCl. The summed E-state index contributed by atoms with van der Waals surface area (Å²) < 4.78 is 30.8. The second-order valence-corrected chi connectivity index (χ2v) is 3.39. The first-order chi connectivity index (χ1) is 7.97. The Morgan fingerprint density at radius 3 is 2.71 bits per heavy atom. The molecule has 1 aromatic rings. The number of hydrogen-bond donors (Lipinski definition) is 1. The molecule has 0 amide bonds. The van der Waals surface area contributed by atoms with E-state index < -0.39 is 40.7 Å². The van der Waals surface area contributed by atoms with Crippen LogP contribution in [0.5, 0.6) is 5.75 Å². The largest absolute Gasteiger partial charge is 0.482 e. The van der Waals surface area contributed by atoms with Crippen LogP contribution in [0.3, 0.4) is 0 Å². The minimum absolute atomic E-state index is 0.190. The number of nitro benzene ring substituents is 1. The van der Waals surface area contributed by atoms with Crippen molar-refractivity contribution in [1.29, 1.82) is 0 Å². The lowest BCUT2D eigenvalue weighted by Crippen LogP contribution is -2.19. The first-order valence-corrected chi connectivity index (χ1v) is 5.00. The third-order valence-electron chi connectivity index (χ3n) is 1.82. The maximum absolute atomic E-state index is 13.3. The first-order valence-electron chi connectivity index (χ1n) is 4.46. The van der Waals surface area contributed by atoms with Gasteiger partial charge in [-0.05, 0) is 6.07 Å². The van der Waals surface area contributed by atoms with Gasteiger partial charge < -0.3 is 9.84 Å². The second kappa shape index (κ2) is 5.74. The van der Waals surface area contributed by atoms with E-state index in [0.717, 1.165) is 6.07 Å². The molecule has 1 aromatic carbocycles. The Hall–Kier alpha value is -1.47. The molecule has 0 saturated heterocycles. The van der Waals surface area contributed by atoms with Gasteiger partial charge in [0.2, 0.25) is 11.6 Å². The normalized spacial score (nSPS) is 12.2. The Bertz CT molecular complexity index is 430. The van der Waals surface area contributed by atoms with Gasteiger partial charge in [-0.15, -0.1) is 11.6 Å². The van der Waals surface area contributed by atoms with Crippen LogP contribution in [-0.2, 0) is 0 Å². The topological polar surface area (TPSA) is 72.6 Å². The molecule has 1 rings (SSSR count). The molecule has 8 heteroatoms. The summed E-state index contributed by atoms with van der Waals surface area (Å²) in [4.78, 5) is 9.64. The lowest BCUT2D eigenvalue weighted by molar-refractivity contribution is -0.386. The zero-order valence-electron chi connectivity index (χ0n) is 8.40. The first kappa shape index (κ1) is 13.6. The summed E-state index contributed by atoms with van der Waals surface area (Å²) in [6.07, 6.45) is -1.13. The fourth-order valence-electron chi connectivity index (χ4n) is 1.03. The fourth-order valence-corrected chi connectivity index (χ4v) is 1.12. The lowest BCUT2D eigenvalue weighted by atomic mass is 10.2. The van der Waals surface area contributed by atoms with Crippen LogP contribution in [-0.4, -0.2) is 28.6 Å². The third kappa shape index (κ3) is 3.24. The minimum Gasteiger partial charge on any atom is -0.482 e. The van der Waals surface area contributed by atoms with Crippen molar-refractivity contribution >= 4 is 17.3 Å². The van der Waals surface area contributed by atoms with Crippen LogP contribution >= 0.6 is 11.6 Å². The number of alkyl halides is 1. The highest BCUT2D eigenvalue weighted by Crippen LogP contribution is 2.31. The van der Waals surface area contributed by atoms with Crippen molar-refractivity contribution in [3.05, 3.63) is 33.9 Å². The summed E-state index contributed by atoms with van der Waals surface area (Å²) in [6, 6.07) is 1.40. The van der Waals surface area contributed by atoms with Crippen LogP contribution in [0.4, 0.5) is 14.5 Å². The van der Waals surface area contributed by atoms with Gasteiger partial charge in [0, 0.05) is 6.07 Å². The van der Waals surface area contributed by atoms with Gasteiger partial charge in [-0.2, -0.15) is 4.39 Å². The van der Waals surface area contributed by atoms with Crippen molar-refractivity contribution in [2.24, 2.45) is 0 Å². The Morgan fingerprint density at radius 1 is 1.53 bits per heavy atom. The molecule has 1 unspecified atom stereocenters. The molecule has 94 valence electrons. The molecular weight excluding hydrogens is 260 g/mol. The van der Waals surface area contributed by atoms with E-state index in [-0.39, 0.29) is 5.88 Å². The van der Waals surface area contributed by atoms with Crippen LogP contribution in [0.25, 0.3) is 0 Å². The van der Waals surface area contributed by atoms with E-state index in [1.165, 1.54) is 0 Å². The number of ether oxygens (including phenoxy) is 1. The maximum atomic E-state index is 13.3. The van der Waals surface area contributed by atoms with Crippen molar-refractivity contribution in [2.75, 3.05) is 12.5 Å². The maximum Gasteiger partial charge on any atom is 0.314 e. The third-order valence-corrected chi connectivity index (χ3v) is 2.18. The van der Waals surface area contributed by atoms with Crippen molar-refractivity contribution in [1.82, 2.24) is 0 Å². The number of nitro groups is 1. The van der Waals surface area contributed by atoms with Gasteiger partial charge in [0.1, 0.15) is 12.7 Å². The minimum atomic E-state index is -1.47. The van der Waals surface area contributed by atoms with Crippen LogP contribution < -0.4 is 4.74 Å². The van der Waals surface area contributed by atoms with Crippen molar-refractivity contribution in [2.45, 2.75) is 6.10 Å². The number of halogens is 3. The van der Waals surface area contributed by atoms with Crippen molar-refractivity contribution in [3.8, 4) is 5.75 Å². The molecule has 1 N–H and O–H groups in total. The van der Waals surface area contributed by atoms with Gasteiger partial charge in [-0.25, -0.2) is 4.39 Å². The zero-order chi connectivity index (χ0) is 13.0. The number of nitrogens with zero attached hydrogens (tertiary/aromatic N) is 1. The van der Waals surface area contributed by atoms with E-state index in [9.17, 15) is 18.9 Å². The average Bonchev–Trinajstić information content (AvgIpc) is 2.30. The number of aliphatic hydroxyl groups is 1. The fraction of sp³-hybridized carbons (Fsp3) is 0.333. The van der Waals surface area contributed by atoms with Crippen molar-refractivity contribution in [3.63, 3.8) is 0 Å². The molecule has 5 nitrogen and oxygen atoms in total. The number of aliphatic hydroxyl groups excluding tert-OH is 1. The van der Waals surface area contributed by atoms with E-state index in [4.69, 9.17) is 16.7 Å². The van der Waals surface area contributed by atoms with E-state index >= 15 is 0 Å². The molecule has 1 atom stereocenters. The average molecular weight is 268 g/mol. The zero-order valence-corrected chi connectivity index (χ0v) is 9.16. The van der Waals surface area contributed by atoms with Crippen LogP contribution in [0.15, 0.2) is 12.1 Å². The molecule has 0 heterocycles. The summed E-state index contributed by atoms with van der Waals surface area (Å²) in [6.45, 7) is -0.468. The standard InChI is InChI=1S/C9H8ClF2NO4/c10-3-5(14)4-17-9-7(13(15)16)2-1-6(11)8(9)12/h1-2,5,14H,3-4H2. The van der Waals surface area contributed by atoms with Crippen LogP contribution in [0.1, 0.15) is 0 Å². The van der Waals surface area contributed by atoms with E-state index in [1.807, 2.05) is 0 Å². The summed E-state index contributed by atoms with van der Waals surface area (Å²) in [5.41, 5.74) is -0.717. The van der Waals surface area contributed by atoms with E-state index in [2.05, 4.69) is 4.74 Å². The summed E-state index contributed by atoms with van der Waals surface area (Å²) >= 11 is 5.26. The van der Waals surface area contributed by atoms with Gasteiger partial charge >= 0.3 is 5.69 Å². The predicted molar refractivity (Wildman–Crippen MR) is 55.2 cm³/mol. The summed E-state index contributed by atoms with van der Waals surface area (Å²) in [5, 5.41) is 19.6. The van der Waals surface area contributed by atoms with Crippen molar-refractivity contribution < 1.29 is 23.5 Å². The highest BCUT2D eigenvalue weighted by atomic mass is 35.5. The van der Waals surface area contributed by atoms with Gasteiger partial charge in [0.15, 0.2) is 5.82 Å². The van der Waals surface area contributed by atoms with E-state index in [0.29, 0.717) is 6.07 Å². The predicted octanol–water partition coefficient (Wildman–Crippen LogP) is 1.85.